The number of hydrogen-bond donors (Lipinski definition) is 2. The lowest BCUT2D eigenvalue weighted by Crippen LogP contribution is -2.35. The van der Waals surface area contributed by atoms with Crippen LogP contribution in [-0.2, 0) is 21.1 Å². The van der Waals surface area contributed by atoms with E-state index in [2.05, 4.69) is 16.4 Å². The summed E-state index contributed by atoms with van der Waals surface area (Å²) >= 11 is 0. The summed E-state index contributed by atoms with van der Waals surface area (Å²) in [5.74, 6) is 0.177. The number of aryl methyl sites for hydroxylation is 2. The molecule has 3 rings (SSSR count). The molecule has 1 aromatic carbocycles. The molecule has 0 saturated carbocycles. The van der Waals surface area contributed by atoms with E-state index in [0.717, 1.165) is 22.2 Å². The first kappa shape index (κ1) is 15.1. The normalized spacial score (nSPS) is 20.3. The van der Waals surface area contributed by atoms with E-state index in [1.807, 2.05) is 25.1 Å². The summed E-state index contributed by atoms with van der Waals surface area (Å²) in [6, 6.07) is 7.82. The Bertz CT molecular complexity index is 808. The standard InChI is InChI=1S/C16H20N2O3S/c1-11-13(14-4-2-3-5-15(14)17-11)6-7-16(19)18-12-8-9-22(20,21)10-12/h2-5,12,17H,6-10H2,1H3,(H,18,19). The Morgan fingerprint density at radius 1 is 1.36 bits per heavy atom. The second-order valence-electron chi connectivity index (χ2n) is 5.94. The molecule has 1 aromatic heterocycles. The van der Waals surface area contributed by atoms with Gasteiger partial charge in [-0.1, -0.05) is 18.2 Å². The number of H-pyrrole nitrogens is 1. The molecule has 0 spiro atoms. The molecule has 0 bridgehead atoms. The molecule has 0 radical (unpaired) electrons. The van der Waals surface area contributed by atoms with E-state index in [1.54, 1.807) is 0 Å². The van der Waals surface area contributed by atoms with E-state index < -0.39 is 9.84 Å². The molecule has 5 nitrogen and oxygen atoms in total. The zero-order chi connectivity index (χ0) is 15.7. The van der Waals surface area contributed by atoms with E-state index in [-0.39, 0.29) is 23.5 Å². The molecule has 118 valence electrons. The Morgan fingerprint density at radius 2 is 2.14 bits per heavy atom. The van der Waals surface area contributed by atoms with Gasteiger partial charge in [0.1, 0.15) is 0 Å². The van der Waals surface area contributed by atoms with Gasteiger partial charge in [-0.3, -0.25) is 4.79 Å². The van der Waals surface area contributed by atoms with E-state index in [4.69, 9.17) is 0 Å². The predicted octanol–water partition coefficient (Wildman–Crippen LogP) is 1.71. The number of sulfone groups is 1. The van der Waals surface area contributed by atoms with Crippen LogP contribution in [0.2, 0.25) is 0 Å². The molecule has 1 aliphatic rings. The van der Waals surface area contributed by atoms with Crippen molar-refractivity contribution in [3.8, 4) is 0 Å². The van der Waals surface area contributed by atoms with Crippen molar-refractivity contribution in [2.45, 2.75) is 32.2 Å². The summed E-state index contributed by atoms with van der Waals surface area (Å²) < 4.78 is 22.8. The fourth-order valence-corrected chi connectivity index (χ4v) is 4.78. The van der Waals surface area contributed by atoms with Gasteiger partial charge in [0.25, 0.3) is 0 Å². The van der Waals surface area contributed by atoms with Crippen molar-refractivity contribution in [2.75, 3.05) is 11.5 Å². The summed E-state index contributed by atoms with van der Waals surface area (Å²) in [5, 5.41) is 3.99. The maximum Gasteiger partial charge on any atom is 0.220 e. The highest BCUT2D eigenvalue weighted by atomic mass is 32.2. The smallest absolute Gasteiger partial charge is 0.220 e. The second kappa shape index (κ2) is 5.76. The van der Waals surface area contributed by atoms with Gasteiger partial charge in [-0.25, -0.2) is 8.42 Å². The van der Waals surface area contributed by atoms with Crippen molar-refractivity contribution in [1.82, 2.24) is 10.3 Å². The Morgan fingerprint density at radius 3 is 2.86 bits per heavy atom. The number of aromatic amines is 1. The molecular formula is C16H20N2O3S. The summed E-state index contributed by atoms with van der Waals surface area (Å²) in [6.07, 6.45) is 1.56. The largest absolute Gasteiger partial charge is 0.358 e. The Hall–Kier alpha value is -1.82. The van der Waals surface area contributed by atoms with Crippen LogP contribution in [0.25, 0.3) is 10.9 Å². The number of amides is 1. The third-order valence-electron chi connectivity index (χ3n) is 4.23. The van der Waals surface area contributed by atoms with E-state index >= 15 is 0 Å². The van der Waals surface area contributed by atoms with Gasteiger partial charge in [0.2, 0.25) is 5.91 Å². The third kappa shape index (κ3) is 3.16. The van der Waals surface area contributed by atoms with Crippen LogP contribution >= 0.6 is 0 Å². The Kier molecular flexibility index (Phi) is 3.95. The minimum absolute atomic E-state index is 0.0743. The van der Waals surface area contributed by atoms with Crippen molar-refractivity contribution in [3.63, 3.8) is 0 Å². The lowest BCUT2D eigenvalue weighted by atomic mass is 10.1. The van der Waals surface area contributed by atoms with Crippen LogP contribution in [0.15, 0.2) is 24.3 Å². The van der Waals surface area contributed by atoms with Gasteiger partial charge >= 0.3 is 0 Å². The van der Waals surface area contributed by atoms with E-state index in [9.17, 15) is 13.2 Å². The molecule has 22 heavy (non-hydrogen) atoms. The Labute approximate surface area is 130 Å². The highest BCUT2D eigenvalue weighted by Gasteiger charge is 2.28. The number of carbonyl (C=O) groups excluding carboxylic acids is 1. The van der Waals surface area contributed by atoms with Crippen LogP contribution in [0.1, 0.15) is 24.1 Å². The lowest BCUT2D eigenvalue weighted by Gasteiger charge is -2.10. The van der Waals surface area contributed by atoms with Crippen molar-refractivity contribution in [2.24, 2.45) is 0 Å². The quantitative estimate of drug-likeness (QED) is 0.900. The SMILES string of the molecule is Cc1[nH]c2ccccc2c1CCC(=O)NC1CCS(=O)(=O)C1. The molecule has 2 aromatic rings. The van der Waals surface area contributed by atoms with Gasteiger partial charge in [-0.15, -0.1) is 0 Å². The molecule has 2 heterocycles. The van der Waals surface area contributed by atoms with Crippen LogP contribution in [0.5, 0.6) is 0 Å². The fraction of sp³-hybridized carbons (Fsp3) is 0.438. The van der Waals surface area contributed by atoms with Crippen LogP contribution in [0.3, 0.4) is 0 Å². The summed E-state index contributed by atoms with van der Waals surface area (Å²) in [7, 11) is -2.95. The number of aromatic nitrogens is 1. The minimum atomic E-state index is -2.95. The van der Waals surface area contributed by atoms with Crippen LogP contribution in [-0.4, -0.2) is 36.9 Å². The van der Waals surface area contributed by atoms with Crippen molar-refractivity contribution >= 4 is 26.6 Å². The monoisotopic (exact) mass is 320 g/mol. The van der Waals surface area contributed by atoms with Gasteiger partial charge in [0.05, 0.1) is 11.5 Å². The summed E-state index contributed by atoms with van der Waals surface area (Å²) in [4.78, 5) is 15.4. The number of rotatable bonds is 4. The zero-order valence-corrected chi connectivity index (χ0v) is 13.4. The number of benzene rings is 1. The maximum absolute atomic E-state index is 12.0. The first-order chi connectivity index (χ1) is 10.4. The van der Waals surface area contributed by atoms with Gasteiger partial charge in [0, 0.05) is 29.1 Å². The molecule has 1 unspecified atom stereocenters. The average Bonchev–Trinajstić information content (AvgIpc) is 2.95. The molecule has 1 saturated heterocycles. The van der Waals surface area contributed by atoms with E-state index in [0.29, 0.717) is 19.3 Å². The molecule has 1 fully saturated rings. The minimum Gasteiger partial charge on any atom is -0.358 e. The lowest BCUT2D eigenvalue weighted by molar-refractivity contribution is -0.121. The average molecular weight is 320 g/mol. The first-order valence-corrected chi connectivity index (χ1v) is 9.33. The number of carbonyl (C=O) groups is 1. The third-order valence-corrected chi connectivity index (χ3v) is 5.99. The second-order valence-corrected chi connectivity index (χ2v) is 8.17. The maximum atomic E-state index is 12.0. The number of hydrogen-bond acceptors (Lipinski definition) is 3. The number of fused-ring (bicyclic) bond motifs is 1. The van der Waals surface area contributed by atoms with Crippen LogP contribution < -0.4 is 5.32 Å². The van der Waals surface area contributed by atoms with Crippen LogP contribution in [0, 0.1) is 6.92 Å². The summed E-state index contributed by atoms with van der Waals surface area (Å²) in [5.41, 5.74) is 3.32. The first-order valence-electron chi connectivity index (χ1n) is 7.50. The highest BCUT2D eigenvalue weighted by Crippen LogP contribution is 2.23. The molecule has 1 amide bonds. The molecule has 1 aliphatic heterocycles. The number of para-hydroxylation sites is 1. The molecule has 1 atom stereocenters. The molecule has 0 aliphatic carbocycles. The van der Waals surface area contributed by atoms with Gasteiger partial charge in [-0.05, 0) is 31.4 Å². The zero-order valence-electron chi connectivity index (χ0n) is 12.6. The molecule has 2 N–H and O–H groups in total. The van der Waals surface area contributed by atoms with Gasteiger partial charge in [0.15, 0.2) is 9.84 Å². The van der Waals surface area contributed by atoms with Crippen LogP contribution in [0.4, 0.5) is 0 Å². The summed E-state index contributed by atoms with van der Waals surface area (Å²) in [6.45, 7) is 2.01. The van der Waals surface area contributed by atoms with Crippen molar-refractivity contribution in [3.05, 3.63) is 35.5 Å². The highest BCUT2D eigenvalue weighted by molar-refractivity contribution is 7.91. The van der Waals surface area contributed by atoms with Crippen molar-refractivity contribution in [1.29, 1.82) is 0 Å². The fourth-order valence-electron chi connectivity index (χ4n) is 3.10. The Balaban J connectivity index is 1.62. The van der Waals surface area contributed by atoms with Gasteiger partial charge in [-0.2, -0.15) is 0 Å². The molecular weight excluding hydrogens is 300 g/mol. The predicted molar refractivity (Wildman–Crippen MR) is 86.6 cm³/mol. The molecule has 6 heteroatoms. The van der Waals surface area contributed by atoms with E-state index in [1.165, 1.54) is 0 Å². The number of nitrogens with one attached hydrogen (secondary N) is 2. The topological polar surface area (TPSA) is 79.0 Å². The van der Waals surface area contributed by atoms with Crippen molar-refractivity contribution < 1.29 is 13.2 Å². The van der Waals surface area contributed by atoms with Gasteiger partial charge < -0.3 is 10.3 Å².